The summed E-state index contributed by atoms with van der Waals surface area (Å²) < 4.78 is 13.4. The third-order valence-corrected chi connectivity index (χ3v) is 3.07. The van der Waals surface area contributed by atoms with Crippen molar-refractivity contribution in [2.75, 3.05) is 0 Å². The van der Waals surface area contributed by atoms with Gasteiger partial charge in [0.05, 0.1) is 13.0 Å². The van der Waals surface area contributed by atoms with Crippen molar-refractivity contribution in [2.45, 2.75) is 19.6 Å². The smallest absolute Gasteiger partial charge is 0.224 e. The Bertz CT molecular complexity index is 599. The van der Waals surface area contributed by atoms with Gasteiger partial charge in [-0.25, -0.2) is 4.39 Å². The zero-order valence-electron chi connectivity index (χ0n) is 11.0. The Labute approximate surface area is 117 Å². The summed E-state index contributed by atoms with van der Waals surface area (Å²) in [6, 6.07) is 13.5. The summed E-state index contributed by atoms with van der Waals surface area (Å²) >= 11 is 0. The molecule has 0 atom stereocenters. The van der Waals surface area contributed by atoms with Crippen LogP contribution in [-0.4, -0.2) is 11.0 Å². The minimum Gasteiger partial charge on any atom is -0.392 e. The minimum atomic E-state index is -0.376. The molecule has 0 aliphatic carbocycles. The first-order chi connectivity index (χ1) is 9.70. The Morgan fingerprint density at radius 1 is 1.00 bits per heavy atom. The van der Waals surface area contributed by atoms with Gasteiger partial charge in [0.2, 0.25) is 5.91 Å². The van der Waals surface area contributed by atoms with E-state index in [9.17, 15) is 14.3 Å². The molecule has 2 N–H and O–H groups in total. The number of benzene rings is 2. The largest absolute Gasteiger partial charge is 0.392 e. The Morgan fingerprint density at radius 2 is 1.60 bits per heavy atom. The summed E-state index contributed by atoms with van der Waals surface area (Å²) in [6.07, 6.45) is 0.00790. The van der Waals surface area contributed by atoms with Crippen LogP contribution in [0, 0.1) is 5.82 Å². The topological polar surface area (TPSA) is 49.3 Å². The number of halogens is 1. The molecular weight excluding hydrogens is 257 g/mol. The maximum absolute atomic E-state index is 13.4. The predicted molar refractivity (Wildman–Crippen MR) is 74.3 cm³/mol. The quantitative estimate of drug-likeness (QED) is 0.877. The molecule has 0 aromatic heterocycles. The van der Waals surface area contributed by atoms with E-state index in [0.29, 0.717) is 12.1 Å². The molecule has 20 heavy (non-hydrogen) atoms. The molecule has 0 saturated carbocycles. The zero-order chi connectivity index (χ0) is 14.4. The molecule has 0 spiro atoms. The lowest BCUT2D eigenvalue weighted by Crippen LogP contribution is -2.25. The number of rotatable bonds is 5. The number of nitrogens with one attached hydrogen (secondary N) is 1. The highest BCUT2D eigenvalue weighted by Gasteiger charge is 2.08. The molecule has 104 valence electrons. The number of hydrogen-bond acceptors (Lipinski definition) is 2. The lowest BCUT2D eigenvalue weighted by Gasteiger charge is -2.09. The van der Waals surface area contributed by atoms with Gasteiger partial charge in [-0.05, 0) is 22.8 Å². The van der Waals surface area contributed by atoms with Gasteiger partial charge >= 0.3 is 0 Å². The van der Waals surface area contributed by atoms with Crippen LogP contribution in [0.5, 0.6) is 0 Å². The standard InChI is InChI=1S/C16H16FNO2/c17-15-8-4-3-5-12(15)9-16(20)18-10-13-6-1-2-7-14(13)11-19/h1-8,19H,9-11H2,(H,18,20). The van der Waals surface area contributed by atoms with Crippen LogP contribution in [0.25, 0.3) is 0 Å². The van der Waals surface area contributed by atoms with Crippen LogP contribution in [-0.2, 0) is 24.4 Å². The molecule has 2 aromatic carbocycles. The molecular formula is C16H16FNO2. The summed E-state index contributed by atoms with van der Waals surface area (Å²) in [6.45, 7) is 0.253. The van der Waals surface area contributed by atoms with Gasteiger partial charge in [0, 0.05) is 6.54 Å². The number of aliphatic hydroxyl groups excluding tert-OH is 1. The van der Waals surface area contributed by atoms with E-state index in [1.54, 1.807) is 24.3 Å². The Hall–Kier alpha value is -2.20. The Balaban J connectivity index is 1.94. The molecule has 0 heterocycles. The van der Waals surface area contributed by atoms with E-state index in [0.717, 1.165) is 11.1 Å². The van der Waals surface area contributed by atoms with Crippen molar-refractivity contribution < 1.29 is 14.3 Å². The molecule has 0 bridgehead atoms. The second-order valence-corrected chi connectivity index (χ2v) is 4.47. The van der Waals surface area contributed by atoms with Crippen molar-refractivity contribution in [3.05, 3.63) is 71.0 Å². The van der Waals surface area contributed by atoms with E-state index >= 15 is 0 Å². The molecule has 2 aromatic rings. The summed E-state index contributed by atoms with van der Waals surface area (Å²) in [4.78, 5) is 11.8. The summed E-state index contributed by atoms with van der Waals surface area (Å²) in [5.74, 6) is -0.624. The van der Waals surface area contributed by atoms with Crippen LogP contribution in [0.3, 0.4) is 0 Å². The summed E-state index contributed by atoms with van der Waals surface area (Å²) in [5, 5.41) is 11.9. The predicted octanol–water partition coefficient (Wildman–Crippen LogP) is 2.18. The summed E-state index contributed by atoms with van der Waals surface area (Å²) in [7, 11) is 0. The fourth-order valence-electron chi connectivity index (χ4n) is 1.96. The lowest BCUT2D eigenvalue weighted by molar-refractivity contribution is -0.120. The molecule has 0 fully saturated rings. The van der Waals surface area contributed by atoms with Crippen LogP contribution in [0.1, 0.15) is 16.7 Å². The highest BCUT2D eigenvalue weighted by molar-refractivity contribution is 5.78. The first-order valence-corrected chi connectivity index (χ1v) is 6.38. The molecule has 4 heteroatoms. The third kappa shape index (κ3) is 3.65. The maximum atomic E-state index is 13.4. The van der Waals surface area contributed by atoms with Crippen molar-refractivity contribution in [1.29, 1.82) is 0 Å². The number of amides is 1. The molecule has 0 radical (unpaired) electrons. The second-order valence-electron chi connectivity index (χ2n) is 4.47. The first kappa shape index (κ1) is 14.2. The normalized spacial score (nSPS) is 10.3. The molecule has 2 rings (SSSR count). The van der Waals surface area contributed by atoms with Gasteiger partial charge in [-0.2, -0.15) is 0 Å². The monoisotopic (exact) mass is 273 g/mol. The fourth-order valence-corrected chi connectivity index (χ4v) is 1.96. The molecule has 0 saturated heterocycles. The Kier molecular flexibility index (Phi) is 4.85. The number of aliphatic hydroxyl groups is 1. The van der Waals surface area contributed by atoms with E-state index in [-0.39, 0.29) is 24.8 Å². The van der Waals surface area contributed by atoms with Crippen molar-refractivity contribution in [2.24, 2.45) is 0 Å². The molecule has 0 aliphatic rings. The van der Waals surface area contributed by atoms with Crippen molar-refractivity contribution >= 4 is 5.91 Å². The molecule has 0 unspecified atom stereocenters. The van der Waals surface area contributed by atoms with Gasteiger partial charge in [-0.3, -0.25) is 4.79 Å². The molecule has 1 amide bonds. The van der Waals surface area contributed by atoms with Crippen LogP contribution >= 0.6 is 0 Å². The van der Waals surface area contributed by atoms with Crippen LogP contribution < -0.4 is 5.32 Å². The number of carbonyl (C=O) groups is 1. The number of carbonyl (C=O) groups excluding carboxylic acids is 1. The van der Waals surface area contributed by atoms with Crippen molar-refractivity contribution in [1.82, 2.24) is 5.32 Å². The van der Waals surface area contributed by atoms with Crippen LogP contribution in [0.15, 0.2) is 48.5 Å². The Morgan fingerprint density at radius 3 is 2.25 bits per heavy atom. The number of hydrogen-bond donors (Lipinski definition) is 2. The SMILES string of the molecule is O=C(Cc1ccccc1F)NCc1ccccc1CO. The van der Waals surface area contributed by atoms with E-state index in [1.807, 2.05) is 18.2 Å². The van der Waals surface area contributed by atoms with Gasteiger partial charge in [-0.15, -0.1) is 0 Å². The highest BCUT2D eigenvalue weighted by atomic mass is 19.1. The van der Waals surface area contributed by atoms with Crippen molar-refractivity contribution in [3.63, 3.8) is 0 Å². The average Bonchev–Trinajstić information content (AvgIpc) is 2.48. The van der Waals surface area contributed by atoms with Gasteiger partial charge in [0.1, 0.15) is 5.82 Å². The maximum Gasteiger partial charge on any atom is 0.224 e. The van der Waals surface area contributed by atoms with Gasteiger partial charge in [0.25, 0.3) is 0 Å². The van der Waals surface area contributed by atoms with E-state index in [2.05, 4.69) is 5.32 Å². The van der Waals surface area contributed by atoms with Gasteiger partial charge in [0.15, 0.2) is 0 Å². The third-order valence-electron chi connectivity index (χ3n) is 3.07. The fraction of sp³-hybridized carbons (Fsp3) is 0.188. The van der Waals surface area contributed by atoms with E-state index in [1.165, 1.54) is 6.07 Å². The van der Waals surface area contributed by atoms with Crippen molar-refractivity contribution in [3.8, 4) is 0 Å². The average molecular weight is 273 g/mol. The molecule has 3 nitrogen and oxygen atoms in total. The summed E-state index contributed by atoms with van der Waals surface area (Å²) in [5.41, 5.74) is 2.01. The highest BCUT2D eigenvalue weighted by Crippen LogP contribution is 2.09. The second kappa shape index (κ2) is 6.82. The minimum absolute atomic E-state index is 0.00790. The van der Waals surface area contributed by atoms with Gasteiger partial charge in [-0.1, -0.05) is 42.5 Å². The van der Waals surface area contributed by atoms with Crippen LogP contribution in [0.4, 0.5) is 4.39 Å². The van der Waals surface area contributed by atoms with Gasteiger partial charge < -0.3 is 10.4 Å². The lowest BCUT2D eigenvalue weighted by atomic mass is 10.1. The molecule has 0 aliphatic heterocycles. The van der Waals surface area contributed by atoms with E-state index < -0.39 is 0 Å². The zero-order valence-corrected chi connectivity index (χ0v) is 11.0. The van der Waals surface area contributed by atoms with Crippen LogP contribution in [0.2, 0.25) is 0 Å². The van der Waals surface area contributed by atoms with E-state index in [4.69, 9.17) is 0 Å². The first-order valence-electron chi connectivity index (χ1n) is 6.38.